The lowest BCUT2D eigenvalue weighted by Gasteiger charge is -2.28. The summed E-state index contributed by atoms with van der Waals surface area (Å²) in [5.74, 6) is 0. The second kappa shape index (κ2) is 8.03. The van der Waals surface area contributed by atoms with Crippen molar-refractivity contribution in [2.45, 2.75) is 51.1 Å². The maximum atomic E-state index is 9.36. The number of nitrogens with one attached hydrogen (secondary N) is 1. The summed E-state index contributed by atoms with van der Waals surface area (Å²) in [4.78, 5) is 0. The van der Waals surface area contributed by atoms with E-state index in [1.165, 1.54) is 12.8 Å². The summed E-state index contributed by atoms with van der Waals surface area (Å²) in [5, 5.41) is 12.8. The van der Waals surface area contributed by atoms with Crippen LogP contribution in [0, 0.1) is 0 Å². The van der Waals surface area contributed by atoms with Gasteiger partial charge in [-0.15, -0.1) is 0 Å². The molecule has 1 rings (SSSR count). The van der Waals surface area contributed by atoms with Crippen LogP contribution in [0.15, 0.2) is 0 Å². The molecule has 0 amide bonds. The average molecular weight is 245 g/mol. The monoisotopic (exact) mass is 245 g/mol. The molecule has 0 radical (unpaired) electrons. The Morgan fingerprint density at radius 1 is 1.24 bits per heavy atom. The summed E-state index contributed by atoms with van der Waals surface area (Å²) in [6.45, 7) is 6.87. The Labute approximate surface area is 105 Å². The zero-order chi connectivity index (χ0) is 12.6. The van der Waals surface area contributed by atoms with E-state index in [0.29, 0.717) is 25.9 Å². The van der Waals surface area contributed by atoms with Crippen LogP contribution < -0.4 is 5.32 Å². The van der Waals surface area contributed by atoms with Crippen molar-refractivity contribution in [2.75, 3.05) is 33.0 Å². The number of hydrogen-bond donors (Lipinski definition) is 2. The maximum Gasteiger partial charge on any atom is 0.0701 e. The van der Waals surface area contributed by atoms with Gasteiger partial charge >= 0.3 is 0 Å². The summed E-state index contributed by atoms with van der Waals surface area (Å²) in [5.41, 5.74) is -0.301. The molecule has 17 heavy (non-hydrogen) atoms. The van der Waals surface area contributed by atoms with Crippen LogP contribution in [0.25, 0.3) is 0 Å². The van der Waals surface area contributed by atoms with E-state index in [9.17, 15) is 5.11 Å². The Kier molecular flexibility index (Phi) is 7.04. The molecule has 1 aliphatic rings. The van der Waals surface area contributed by atoms with Crippen LogP contribution in [-0.4, -0.2) is 49.7 Å². The fourth-order valence-corrected chi connectivity index (χ4v) is 1.62. The van der Waals surface area contributed by atoms with Gasteiger partial charge in [0.25, 0.3) is 0 Å². The van der Waals surface area contributed by atoms with Crippen molar-refractivity contribution in [3.05, 3.63) is 0 Å². The van der Waals surface area contributed by atoms with Gasteiger partial charge in [0.2, 0.25) is 0 Å². The molecular formula is C13H27NO3. The standard InChI is InChI=1S/C13H27NO3/c1-3-4-7-16-8-9-17-11-13(2,10-15)14-12-5-6-12/h12,14-15H,3-11H2,1-2H3. The maximum absolute atomic E-state index is 9.36. The van der Waals surface area contributed by atoms with Gasteiger partial charge in [-0.3, -0.25) is 0 Å². The number of aliphatic hydroxyl groups is 1. The molecule has 0 aromatic heterocycles. The predicted octanol–water partition coefficient (Wildman–Crippen LogP) is 1.32. The van der Waals surface area contributed by atoms with E-state index in [1.807, 2.05) is 6.92 Å². The van der Waals surface area contributed by atoms with Crippen molar-refractivity contribution in [3.8, 4) is 0 Å². The molecule has 4 nitrogen and oxygen atoms in total. The van der Waals surface area contributed by atoms with Crippen LogP contribution in [-0.2, 0) is 9.47 Å². The zero-order valence-corrected chi connectivity index (χ0v) is 11.2. The van der Waals surface area contributed by atoms with Gasteiger partial charge in [-0.1, -0.05) is 13.3 Å². The minimum Gasteiger partial charge on any atom is -0.394 e. The van der Waals surface area contributed by atoms with Crippen LogP contribution in [0.1, 0.15) is 39.5 Å². The van der Waals surface area contributed by atoms with Crippen molar-refractivity contribution in [1.29, 1.82) is 0 Å². The van der Waals surface area contributed by atoms with Crippen molar-refractivity contribution >= 4 is 0 Å². The quantitative estimate of drug-likeness (QED) is 0.539. The molecule has 0 bridgehead atoms. The highest BCUT2D eigenvalue weighted by atomic mass is 16.5. The first-order chi connectivity index (χ1) is 8.20. The third-order valence-corrected chi connectivity index (χ3v) is 2.91. The fourth-order valence-electron chi connectivity index (χ4n) is 1.62. The molecule has 1 atom stereocenters. The van der Waals surface area contributed by atoms with Gasteiger partial charge in [-0.2, -0.15) is 0 Å². The van der Waals surface area contributed by atoms with Crippen molar-refractivity contribution in [3.63, 3.8) is 0 Å². The smallest absolute Gasteiger partial charge is 0.0701 e. The topological polar surface area (TPSA) is 50.7 Å². The highest BCUT2D eigenvalue weighted by molar-refractivity contribution is 4.92. The summed E-state index contributed by atoms with van der Waals surface area (Å²) in [6, 6.07) is 0.580. The molecule has 1 saturated carbocycles. The van der Waals surface area contributed by atoms with Gasteiger partial charge in [0.05, 0.1) is 32.0 Å². The summed E-state index contributed by atoms with van der Waals surface area (Å²) < 4.78 is 11.0. The number of unbranched alkanes of at least 4 members (excludes halogenated alkanes) is 1. The van der Waals surface area contributed by atoms with Crippen molar-refractivity contribution in [1.82, 2.24) is 5.32 Å². The van der Waals surface area contributed by atoms with E-state index in [0.717, 1.165) is 19.4 Å². The number of rotatable bonds is 11. The summed E-state index contributed by atoms with van der Waals surface area (Å²) in [7, 11) is 0. The highest BCUT2D eigenvalue weighted by Crippen LogP contribution is 2.22. The molecule has 1 aliphatic carbocycles. The SMILES string of the molecule is CCCCOCCOCC(C)(CO)NC1CC1. The van der Waals surface area contributed by atoms with Crippen molar-refractivity contribution in [2.24, 2.45) is 0 Å². The summed E-state index contributed by atoms with van der Waals surface area (Å²) >= 11 is 0. The van der Waals surface area contributed by atoms with Crippen LogP contribution in [0.5, 0.6) is 0 Å². The third kappa shape index (κ3) is 6.99. The minimum absolute atomic E-state index is 0.111. The Bertz CT molecular complexity index is 197. The molecule has 1 unspecified atom stereocenters. The highest BCUT2D eigenvalue weighted by Gasteiger charge is 2.32. The Morgan fingerprint density at radius 2 is 1.94 bits per heavy atom. The van der Waals surface area contributed by atoms with Crippen LogP contribution in [0.4, 0.5) is 0 Å². The Balaban J connectivity index is 1.98. The number of aliphatic hydroxyl groups excluding tert-OH is 1. The summed E-state index contributed by atoms with van der Waals surface area (Å²) in [6.07, 6.45) is 4.71. The molecule has 1 fully saturated rings. The molecule has 0 spiro atoms. The van der Waals surface area contributed by atoms with E-state index in [-0.39, 0.29) is 12.1 Å². The second-order valence-corrected chi connectivity index (χ2v) is 5.16. The zero-order valence-electron chi connectivity index (χ0n) is 11.2. The molecule has 0 saturated heterocycles. The minimum atomic E-state index is -0.301. The first-order valence-electron chi connectivity index (χ1n) is 6.74. The predicted molar refractivity (Wildman–Crippen MR) is 68.2 cm³/mol. The molecule has 102 valence electrons. The largest absolute Gasteiger partial charge is 0.394 e. The van der Waals surface area contributed by atoms with Gasteiger partial charge in [0, 0.05) is 12.6 Å². The molecule has 0 aromatic carbocycles. The van der Waals surface area contributed by atoms with Crippen molar-refractivity contribution < 1.29 is 14.6 Å². The van der Waals surface area contributed by atoms with E-state index in [2.05, 4.69) is 12.2 Å². The van der Waals surface area contributed by atoms with Gasteiger partial charge in [-0.25, -0.2) is 0 Å². The van der Waals surface area contributed by atoms with Gasteiger partial charge in [0.1, 0.15) is 0 Å². The molecule has 2 N–H and O–H groups in total. The lowest BCUT2D eigenvalue weighted by Crippen LogP contribution is -2.50. The number of ether oxygens (including phenoxy) is 2. The van der Waals surface area contributed by atoms with E-state index < -0.39 is 0 Å². The molecular weight excluding hydrogens is 218 g/mol. The first-order valence-corrected chi connectivity index (χ1v) is 6.74. The number of hydrogen-bond acceptors (Lipinski definition) is 4. The average Bonchev–Trinajstić information content (AvgIpc) is 3.12. The Morgan fingerprint density at radius 3 is 2.53 bits per heavy atom. The van der Waals surface area contributed by atoms with Crippen LogP contribution >= 0.6 is 0 Å². The van der Waals surface area contributed by atoms with E-state index >= 15 is 0 Å². The van der Waals surface area contributed by atoms with Crippen LogP contribution in [0.3, 0.4) is 0 Å². The molecule has 0 heterocycles. The fraction of sp³-hybridized carbons (Fsp3) is 1.00. The molecule has 0 aliphatic heterocycles. The van der Waals surface area contributed by atoms with Gasteiger partial charge in [0.15, 0.2) is 0 Å². The van der Waals surface area contributed by atoms with E-state index in [4.69, 9.17) is 9.47 Å². The normalized spacial score (nSPS) is 19.2. The lowest BCUT2D eigenvalue weighted by atomic mass is 10.1. The van der Waals surface area contributed by atoms with Gasteiger partial charge < -0.3 is 19.9 Å². The van der Waals surface area contributed by atoms with Crippen LogP contribution in [0.2, 0.25) is 0 Å². The second-order valence-electron chi connectivity index (χ2n) is 5.16. The first kappa shape index (κ1) is 14.9. The van der Waals surface area contributed by atoms with Gasteiger partial charge in [-0.05, 0) is 26.2 Å². The lowest BCUT2D eigenvalue weighted by molar-refractivity contribution is 0.00749. The molecule has 0 aromatic rings. The Hall–Kier alpha value is -0.160. The van der Waals surface area contributed by atoms with E-state index in [1.54, 1.807) is 0 Å². The molecule has 4 heteroatoms. The third-order valence-electron chi connectivity index (χ3n) is 2.91.